The second-order valence-electron chi connectivity index (χ2n) is 10.3. The predicted molar refractivity (Wildman–Crippen MR) is 160 cm³/mol. The first-order valence-electron chi connectivity index (χ1n) is 13.7. The van der Waals surface area contributed by atoms with Gasteiger partial charge in [-0.2, -0.15) is 0 Å². The minimum atomic E-state index is -0.367. The van der Waals surface area contributed by atoms with Crippen LogP contribution in [-0.2, 0) is 11.2 Å². The summed E-state index contributed by atoms with van der Waals surface area (Å²) in [6.45, 7) is 3.01. The van der Waals surface area contributed by atoms with Gasteiger partial charge in [0.15, 0.2) is 0 Å². The molecule has 7 nitrogen and oxygen atoms in total. The predicted octanol–water partition coefficient (Wildman–Crippen LogP) is 6.46. The number of halogens is 1. The van der Waals surface area contributed by atoms with Crippen molar-refractivity contribution in [2.24, 2.45) is 5.92 Å². The number of nitrogens with zero attached hydrogens (tertiary/aromatic N) is 1. The van der Waals surface area contributed by atoms with Gasteiger partial charge >= 0.3 is 6.03 Å². The Hall–Kier alpha value is -3.36. The number of nitrogens with one attached hydrogen (secondary N) is 3. The molecule has 2 aliphatic heterocycles. The molecule has 2 heterocycles. The smallest absolute Gasteiger partial charge is 0.323 e. The molecule has 3 aromatic carbocycles. The number of benzene rings is 3. The number of anilines is 3. The molecule has 2 saturated heterocycles. The zero-order valence-corrected chi connectivity index (χ0v) is 23.6. The van der Waals surface area contributed by atoms with Crippen molar-refractivity contribution in [1.29, 1.82) is 0 Å². The van der Waals surface area contributed by atoms with E-state index >= 15 is 0 Å². The van der Waals surface area contributed by atoms with Crippen molar-refractivity contribution in [2.45, 2.75) is 38.2 Å². The lowest BCUT2D eigenvalue weighted by Gasteiger charge is -2.35. The summed E-state index contributed by atoms with van der Waals surface area (Å²) in [6, 6.07) is 23.3. The number of hydrogen-bond donors (Lipinski definition) is 3. The van der Waals surface area contributed by atoms with Gasteiger partial charge in [0.2, 0.25) is 0 Å². The molecular weight excluding hydrogens is 556 g/mol. The second-order valence-corrected chi connectivity index (χ2v) is 11.2. The van der Waals surface area contributed by atoms with E-state index in [1.165, 1.54) is 5.56 Å². The Kier molecular flexibility index (Phi) is 9.16. The van der Waals surface area contributed by atoms with Gasteiger partial charge in [0.25, 0.3) is 5.91 Å². The number of hydrogen-bond acceptors (Lipinski definition) is 4. The van der Waals surface area contributed by atoms with Gasteiger partial charge in [0, 0.05) is 47.8 Å². The normalized spacial score (nSPS) is 17.6. The Morgan fingerprint density at radius 1 is 0.897 bits per heavy atom. The molecule has 5 rings (SSSR count). The van der Waals surface area contributed by atoms with Gasteiger partial charge in [0.05, 0.1) is 11.7 Å². The van der Waals surface area contributed by atoms with Crippen LogP contribution in [0, 0.1) is 5.92 Å². The third kappa shape index (κ3) is 7.61. The van der Waals surface area contributed by atoms with Gasteiger partial charge in [-0.15, -0.1) is 0 Å². The lowest BCUT2D eigenvalue weighted by molar-refractivity contribution is 0.0858. The van der Waals surface area contributed by atoms with E-state index in [2.05, 4.69) is 67.1 Å². The molecule has 3 amide bonds. The molecule has 8 heteroatoms. The molecule has 204 valence electrons. The molecule has 0 spiro atoms. The van der Waals surface area contributed by atoms with Crippen LogP contribution in [0.15, 0.2) is 77.3 Å². The maximum atomic E-state index is 13.4. The molecular formula is C31H35BrN4O3. The first kappa shape index (κ1) is 27.2. The van der Waals surface area contributed by atoms with E-state index in [0.29, 0.717) is 29.4 Å². The van der Waals surface area contributed by atoms with Crippen molar-refractivity contribution in [3.63, 3.8) is 0 Å². The number of urea groups is 1. The number of rotatable bonds is 8. The number of amides is 3. The van der Waals surface area contributed by atoms with Crippen LogP contribution in [0.3, 0.4) is 0 Å². The van der Waals surface area contributed by atoms with Crippen molar-refractivity contribution in [2.75, 3.05) is 41.8 Å². The molecule has 2 fully saturated rings. The average Bonchev–Trinajstić information content (AvgIpc) is 3.47. The number of carbonyl (C=O) groups is 2. The largest absolute Gasteiger partial charge is 0.376 e. The van der Waals surface area contributed by atoms with Crippen LogP contribution >= 0.6 is 15.9 Å². The summed E-state index contributed by atoms with van der Waals surface area (Å²) in [5, 5.41) is 8.78. The number of piperidine rings is 1. The summed E-state index contributed by atoms with van der Waals surface area (Å²) >= 11 is 3.42. The lowest BCUT2D eigenvalue weighted by atomic mass is 9.89. The second kappa shape index (κ2) is 13.1. The highest BCUT2D eigenvalue weighted by molar-refractivity contribution is 9.10. The molecule has 39 heavy (non-hydrogen) atoms. The van der Waals surface area contributed by atoms with E-state index in [4.69, 9.17) is 4.74 Å². The molecule has 1 unspecified atom stereocenters. The topological polar surface area (TPSA) is 82.7 Å². The highest BCUT2D eigenvalue weighted by atomic mass is 79.9. The zero-order valence-electron chi connectivity index (χ0n) is 22.0. The van der Waals surface area contributed by atoms with Crippen molar-refractivity contribution in [3.05, 3.63) is 88.4 Å². The minimum absolute atomic E-state index is 0.0587. The van der Waals surface area contributed by atoms with Crippen molar-refractivity contribution >= 4 is 44.9 Å². The highest BCUT2D eigenvalue weighted by Gasteiger charge is 2.25. The third-order valence-electron chi connectivity index (χ3n) is 7.42. The molecule has 0 aliphatic carbocycles. The molecule has 0 saturated carbocycles. The summed E-state index contributed by atoms with van der Waals surface area (Å²) < 4.78 is 6.57. The number of ether oxygens (including phenoxy) is 1. The van der Waals surface area contributed by atoms with Crippen LogP contribution in [0.4, 0.5) is 21.9 Å². The van der Waals surface area contributed by atoms with Gasteiger partial charge < -0.3 is 25.6 Å². The Morgan fingerprint density at radius 2 is 1.67 bits per heavy atom. The van der Waals surface area contributed by atoms with E-state index in [9.17, 15) is 9.59 Å². The monoisotopic (exact) mass is 590 g/mol. The quantitative estimate of drug-likeness (QED) is 0.281. The van der Waals surface area contributed by atoms with Crippen molar-refractivity contribution in [3.8, 4) is 0 Å². The molecule has 2 aliphatic rings. The fraction of sp³-hybridized carbons (Fsp3) is 0.355. The van der Waals surface area contributed by atoms with Gasteiger partial charge in [-0.3, -0.25) is 4.79 Å². The van der Waals surface area contributed by atoms with Gasteiger partial charge in [-0.25, -0.2) is 4.79 Å². The third-order valence-corrected chi connectivity index (χ3v) is 7.91. The fourth-order valence-electron chi connectivity index (χ4n) is 5.36. The lowest BCUT2D eigenvalue weighted by Crippen LogP contribution is -2.37. The van der Waals surface area contributed by atoms with Crippen LogP contribution in [0.5, 0.6) is 0 Å². The summed E-state index contributed by atoms with van der Waals surface area (Å²) in [7, 11) is 0. The van der Waals surface area contributed by atoms with Gasteiger partial charge in [-0.1, -0.05) is 52.3 Å². The minimum Gasteiger partial charge on any atom is -0.376 e. The number of carbonyl (C=O) groups excluding carboxylic acids is 2. The van der Waals surface area contributed by atoms with E-state index in [1.807, 2.05) is 36.4 Å². The summed E-state index contributed by atoms with van der Waals surface area (Å²) in [4.78, 5) is 28.4. The van der Waals surface area contributed by atoms with E-state index in [1.54, 1.807) is 6.07 Å². The van der Waals surface area contributed by atoms with Gasteiger partial charge in [0.1, 0.15) is 0 Å². The van der Waals surface area contributed by atoms with Gasteiger partial charge in [-0.05, 0) is 80.0 Å². The van der Waals surface area contributed by atoms with E-state index in [-0.39, 0.29) is 18.0 Å². The highest BCUT2D eigenvalue weighted by Crippen LogP contribution is 2.30. The molecule has 0 radical (unpaired) electrons. The molecule has 1 atom stereocenters. The van der Waals surface area contributed by atoms with Crippen LogP contribution in [-0.4, -0.2) is 44.3 Å². The fourth-order valence-corrected chi connectivity index (χ4v) is 5.76. The van der Waals surface area contributed by atoms with Crippen LogP contribution in [0.1, 0.15) is 41.6 Å². The van der Waals surface area contributed by atoms with E-state index < -0.39 is 0 Å². The molecule has 3 N–H and O–H groups in total. The molecule has 3 aromatic rings. The van der Waals surface area contributed by atoms with E-state index in [0.717, 1.165) is 62.0 Å². The molecule has 0 aromatic heterocycles. The Morgan fingerprint density at radius 3 is 2.38 bits per heavy atom. The summed E-state index contributed by atoms with van der Waals surface area (Å²) in [6.07, 6.45) is 5.26. The van der Waals surface area contributed by atoms with Crippen LogP contribution < -0.4 is 20.9 Å². The van der Waals surface area contributed by atoms with Crippen LogP contribution in [0.25, 0.3) is 0 Å². The average molecular weight is 592 g/mol. The Balaban J connectivity index is 1.28. The van der Waals surface area contributed by atoms with Crippen LogP contribution in [0.2, 0.25) is 0 Å². The summed E-state index contributed by atoms with van der Waals surface area (Å²) in [5.74, 6) is 0.478. The SMILES string of the molecule is O=C(Nc1cccc(Br)c1)Nc1ccc(N2CCC(Cc3ccccc3)CC2)c(C(=O)NCC2CCCO2)c1. The maximum absolute atomic E-state index is 13.4. The molecule has 0 bridgehead atoms. The Bertz CT molecular complexity index is 1270. The van der Waals surface area contributed by atoms with Crippen molar-refractivity contribution < 1.29 is 14.3 Å². The Labute approximate surface area is 238 Å². The zero-order chi connectivity index (χ0) is 27.0. The first-order valence-corrected chi connectivity index (χ1v) is 14.5. The first-order chi connectivity index (χ1) is 19.0. The van der Waals surface area contributed by atoms with Crippen molar-refractivity contribution in [1.82, 2.24) is 5.32 Å². The summed E-state index contributed by atoms with van der Waals surface area (Å²) in [5.41, 5.74) is 4.08. The maximum Gasteiger partial charge on any atom is 0.323 e. The standard InChI is InChI=1S/C31H35BrN4O3/c32-24-8-4-9-25(19-24)34-31(38)35-26-11-12-29(28(20-26)30(37)33-21-27-10-5-17-39-27)36-15-13-23(14-16-36)18-22-6-2-1-3-7-22/h1-4,6-9,11-12,19-20,23,27H,5,10,13-18,21H2,(H,33,37)(H2,34,35,38).